The van der Waals surface area contributed by atoms with E-state index in [1.165, 1.54) is 26.4 Å². The maximum absolute atomic E-state index is 12.6. The topological polar surface area (TPSA) is 73.9 Å². The third kappa shape index (κ3) is 4.15. The first-order valence-electron chi connectivity index (χ1n) is 8.25. The van der Waals surface area contributed by atoms with Crippen molar-refractivity contribution < 1.29 is 22.6 Å². The normalized spacial score (nSPS) is 11.4. The van der Waals surface area contributed by atoms with Gasteiger partial charge in [-0.15, -0.1) is 0 Å². The van der Waals surface area contributed by atoms with Gasteiger partial charge in [-0.1, -0.05) is 18.2 Å². The molecular formula is C20H21NO5S. The van der Waals surface area contributed by atoms with E-state index < -0.39 is 10.0 Å². The molecule has 0 radical (unpaired) electrons. The van der Waals surface area contributed by atoms with Gasteiger partial charge in [-0.3, -0.25) is 0 Å². The minimum absolute atomic E-state index is 0.116. The molecule has 27 heavy (non-hydrogen) atoms. The van der Waals surface area contributed by atoms with Crippen molar-refractivity contribution in [3.8, 4) is 17.2 Å². The van der Waals surface area contributed by atoms with Crippen LogP contribution in [0.1, 0.15) is 5.56 Å². The quantitative estimate of drug-likeness (QED) is 0.673. The van der Waals surface area contributed by atoms with Gasteiger partial charge in [0.05, 0.1) is 26.2 Å². The summed E-state index contributed by atoms with van der Waals surface area (Å²) in [6, 6.07) is 16.0. The van der Waals surface area contributed by atoms with Crippen LogP contribution in [0, 0.1) is 0 Å². The molecule has 3 aromatic rings. The van der Waals surface area contributed by atoms with Crippen LogP contribution in [0.3, 0.4) is 0 Å². The average molecular weight is 387 g/mol. The summed E-state index contributed by atoms with van der Waals surface area (Å²) >= 11 is 0. The Balaban J connectivity index is 1.80. The molecule has 0 aliphatic rings. The predicted octanol–water partition coefficient (Wildman–Crippen LogP) is 3.34. The lowest BCUT2D eigenvalue weighted by Gasteiger charge is -2.11. The molecule has 0 fully saturated rings. The number of ether oxygens (including phenoxy) is 3. The summed E-state index contributed by atoms with van der Waals surface area (Å²) in [5, 5.41) is 2.04. The standard InChI is InChI=1S/C20H21NO5S/c1-24-17-7-6-15-10-14(4-5-16(15)11-17)13-21-27(22,23)18-8-9-19(25-2)20(12-18)26-3/h4-12,21H,13H2,1-3H3. The molecule has 0 amide bonds. The summed E-state index contributed by atoms with van der Waals surface area (Å²) in [6.45, 7) is 0.179. The van der Waals surface area contributed by atoms with Crippen molar-refractivity contribution in [3.05, 3.63) is 60.2 Å². The van der Waals surface area contributed by atoms with E-state index in [4.69, 9.17) is 14.2 Å². The molecule has 0 saturated heterocycles. The van der Waals surface area contributed by atoms with Gasteiger partial charge in [0.2, 0.25) is 10.0 Å². The molecule has 0 aliphatic carbocycles. The molecule has 1 N–H and O–H groups in total. The fourth-order valence-electron chi connectivity index (χ4n) is 2.76. The van der Waals surface area contributed by atoms with Gasteiger partial charge in [0, 0.05) is 12.6 Å². The maximum atomic E-state index is 12.6. The molecule has 0 saturated carbocycles. The smallest absolute Gasteiger partial charge is 0.241 e. The Labute approximate surface area is 158 Å². The number of rotatable bonds is 7. The second-order valence-corrected chi connectivity index (χ2v) is 7.66. The second kappa shape index (κ2) is 7.85. The Morgan fingerprint density at radius 1 is 0.778 bits per heavy atom. The Morgan fingerprint density at radius 2 is 1.48 bits per heavy atom. The number of hydrogen-bond donors (Lipinski definition) is 1. The van der Waals surface area contributed by atoms with Crippen LogP contribution >= 0.6 is 0 Å². The van der Waals surface area contributed by atoms with Gasteiger partial charge in [0.15, 0.2) is 11.5 Å². The van der Waals surface area contributed by atoms with Crippen LogP contribution < -0.4 is 18.9 Å². The summed E-state index contributed by atoms with van der Waals surface area (Å²) in [4.78, 5) is 0.116. The molecule has 0 spiro atoms. The van der Waals surface area contributed by atoms with E-state index >= 15 is 0 Å². The Morgan fingerprint density at radius 3 is 2.19 bits per heavy atom. The molecule has 3 rings (SSSR count). The number of methoxy groups -OCH3 is 3. The molecular weight excluding hydrogens is 366 g/mol. The highest BCUT2D eigenvalue weighted by atomic mass is 32.2. The van der Waals surface area contributed by atoms with Gasteiger partial charge in [0.1, 0.15) is 5.75 Å². The Kier molecular flexibility index (Phi) is 5.53. The monoisotopic (exact) mass is 387 g/mol. The lowest BCUT2D eigenvalue weighted by molar-refractivity contribution is 0.354. The largest absolute Gasteiger partial charge is 0.497 e. The number of nitrogens with one attached hydrogen (secondary N) is 1. The zero-order valence-electron chi connectivity index (χ0n) is 15.4. The van der Waals surface area contributed by atoms with Gasteiger partial charge in [-0.25, -0.2) is 13.1 Å². The molecule has 0 bridgehead atoms. The fourth-order valence-corrected chi connectivity index (χ4v) is 3.79. The zero-order chi connectivity index (χ0) is 19.4. The zero-order valence-corrected chi connectivity index (χ0v) is 16.2. The third-order valence-corrected chi connectivity index (χ3v) is 5.64. The summed E-state index contributed by atoms with van der Waals surface area (Å²) < 4.78 is 43.3. The first kappa shape index (κ1) is 19.0. The van der Waals surface area contributed by atoms with E-state index in [2.05, 4.69) is 4.72 Å². The van der Waals surface area contributed by atoms with Gasteiger partial charge in [0.25, 0.3) is 0 Å². The fraction of sp³-hybridized carbons (Fsp3) is 0.200. The van der Waals surface area contributed by atoms with E-state index in [1.807, 2.05) is 36.4 Å². The predicted molar refractivity (Wildman–Crippen MR) is 104 cm³/mol. The molecule has 142 valence electrons. The van der Waals surface area contributed by atoms with Crippen molar-refractivity contribution in [2.45, 2.75) is 11.4 Å². The highest BCUT2D eigenvalue weighted by Gasteiger charge is 2.17. The lowest BCUT2D eigenvalue weighted by atomic mass is 10.1. The molecule has 0 aliphatic heterocycles. The van der Waals surface area contributed by atoms with Crippen molar-refractivity contribution in [3.63, 3.8) is 0 Å². The van der Waals surface area contributed by atoms with Crippen LogP contribution in [0.25, 0.3) is 10.8 Å². The first-order valence-corrected chi connectivity index (χ1v) is 9.73. The maximum Gasteiger partial charge on any atom is 0.241 e. The molecule has 7 heteroatoms. The van der Waals surface area contributed by atoms with Gasteiger partial charge in [-0.05, 0) is 46.7 Å². The Bertz CT molecular complexity index is 1060. The van der Waals surface area contributed by atoms with Crippen molar-refractivity contribution in [2.75, 3.05) is 21.3 Å². The number of hydrogen-bond acceptors (Lipinski definition) is 5. The van der Waals surface area contributed by atoms with Gasteiger partial charge in [-0.2, -0.15) is 0 Å². The molecule has 0 unspecified atom stereocenters. The van der Waals surface area contributed by atoms with Crippen molar-refractivity contribution in [2.24, 2.45) is 0 Å². The molecule has 0 heterocycles. The van der Waals surface area contributed by atoms with E-state index in [0.29, 0.717) is 11.5 Å². The Hall–Kier alpha value is -2.77. The van der Waals surface area contributed by atoms with E-state index in [1.54, 1.807) is 13.2 Å². The van der Waals surface area contributed by atoms with Gasteiger partial charge < -0.3 is 14.2 Å². The van der Waals surface area contributed by atoms with E-state index in [0.717, 1.165) is 22.1 Å². The minimum atomic E-state index is -3.69. The van der Waals surface area contributed by atoms with Gasteiger partial charge >= 0.3 is 0 Å². The van der Waals surface area contributed by atoms with Crippen LogP contribution in [0.4, 0.5) is 0 Å². The number of benzene rings is 3. The average Bonchev–Trinajstić information content (AvgIpc) is 2.71. The third-order valence-electron chi connectivity index (χ3n) is 4.24. The van der Waals surface area contributed by atoms with Crippen LogP contribution in [0.15, 0.2) is 59.5 Å². The molecule has 0 aromatic heterocycles. The summed E-state index contributed by atoms with van der Waals surface area (Å²) in [5.74, 6) is 1.62. The molecule has 0 atom stereocenters. The van der Waals surface area contributed by atoms with Crippen molar-refractivity contribution in [1.82, 2.24) is 4.72 Å². The van der Waals surface area contributed by atoms with Crippen molar-refractivity contribution >= 4 is 20.8 Å². The van der Waals surface area contributed by atoms with E-state index in [-0.39, 0.29) is 11.4 Å². The summed E-state index contributed by atoms with van der Waals surface area (Å²) in [6.07, 6.45) is 0. The van der Waals surface area contributed by atoms with Crippen LogP contribution in [-0.2, 0) is 16.6 Å². The van der Waals surface area contributed by atoms with E-state index in [9.17, 15) is 8.42 Å². The molecule has 6 nitrogen and oxygen atoms in total. The summed E-state index contributed by atoms with van der Waals surface area (Å²) in [7, 11) is 0.902. The van der Waals surface area contributed by atoms with Crippen molar-refractivity contribution in [1.29, 1.82) is 0 Å². The number of sulfonamides is 1. The highest BCUT2D eigenvalue weighted by Crippen LogP contribution is 2.29. The first-order chi connectivity index (χ1) is 13.0. The van der Waals surface area contributed by atoms with Crippen LogP contribution in [0.2, 0.25) is 0 Å². The molecule has 3 aromatic carbocycles. The highest BCUT2D eigenvalue weighted by molar-refractivity contribution is 7.89. The van der Waals surface area contributed by atoms with Crippen LogP contribution in [0.5, 0.6) is 17.2 Å². The SMILES string of the molecule is COc1ccc2cc(CNS(=O)(=O)c3ccc(OC)c(OC)c3)ccc2c1. The minimum Gasteiger partial charge on any atom is -0.497 e. The second-order valence-electron chi connectivity index (χ2n) is 5.89. The lowest BCUT2D eigenvalue weighted by Crippen LogP contribution is -2.23. The summed E-state index contributed by atoms with van der Waals surface area (Å²) in [5.41, 5.74) is 0.858. The number of fused-ring (bicyclic) bond motifs is 1. The van der Waals surface area contributed by atoms with Crippen LogP contribution in [-0.4, -0.2) is 29.7 Å².